The second kappa shape index (κ2) is 8.82. The average molecular weight is 369 g/mol. The van der Waals surface area contributed by atoms with E-state index in [9.17, 15) is 19.5 Å². The van der Waals surface area contributed by atoms with Gasteiger partial charge < -0.3 is 20.4 Å². The zero-order valence-electron chi connectivity index (χ0n) is 13.7. The van der Waals surface area contributed by atoms with Gasteiger partial charge in [0.25, 0.3) is 0 Å². The molecule has 0 bridgehead atoms. The Morgan fingerprint density at radius 1 is 1.24 bits per heavy atom. The van der Waals surface area contributed by atoms with Gasteiger partial charge in [-0.05, 0) is 30.5 Å². The van der Waals surface area contributed by atoms with E-state index in [1.165, 1.54) is 4.90 Å². The lowest BCUT2D eigenvalue weighted by Crippen LogP contribution is -2.46. The maximum Gasteiger partial charge on any atom is 0.334 e. The number of nitrogens with one attached hydrogen (secondary N) is 1. The number of aliphatic hydroxyl groups excluding tert-OH is 1. The summed E-state index contributed by atoms with van der Waals surface area (Å²) in [6.45, 7) is 0.745. The fourth-order valence-corrected chi connectivity index (χ4v) is 2.98. The van der Waals surface area contributed by atoms with Crippen molar-refractivity contribution in [3.8, 4) is 0 Å². The van der Waals surface area contributed by atoms with Gasteiger partial charge in [-0.1, -0.05) is 23.7 Å². The fourth-order valence-electron chi connectivity index (χ4n) is 2.85. The molecule has 3 N–H and O–H groups in total. The second-order valence-electron chi connectivity index (χ2n) is 5.98. The minimum absolute atomic E-state index is 0.0127. The third-order valence-electron chi connectivity index (χ3n) is 4.21. The smallest absolute Gasteiger partial charge is 0.334 e. The Kier molecular flexibility index (Phi) is 6.78. The van der Waals surface area contributed by atoms with Crippen LogP contribution in [0.5, 0.6) is 0 Å². The lowest BCUT2D eigenvalue weighted by molar-refractivity contribution is -0.152. The molecule has 1 saturated heterocycles. The van der Waals surface area contributed by atoms with E-state index in [0.29, 0.717) is 31.0 Å². The van der Waals surface area contributed by atoms with E-state index in [0.717, 1.165) is 5.56 Å². The molecule has 1 unspecified atom stereocenters. The quantitative estimate of drug-likeness (QED) is 0.669. The topological polar surface area (TPSA) is 107 Å². The summed E-state index contributed by atoms with van der Waals surface area (Å²) in [6, 6.07) is 6.34. The van der Waals surface area contributed by atoms with E-state index >= 15 is 0 Å². The maximum absolute atomic E-state index is 12.2. The van der Waals surface area contributed by atoms with Crippen molar-refractivity contribution in [3.63, 3.8) is 0 Å². The predicted octanol–water partition coefficient (Wildman–Crippen LogP) is 1.17. The van der Waals surface area contributed by atoms with E-state index in [-0.39, 0.29) is 24.7 Å². The van der Waals surface area contributed by atoms with Crippen molar-refractivity contribution < 1.29 is 24.6 Å². The molecule has 0 aliphatic carbocycles. The van der Waals surface area contributed by atoms with Crippen LogP contribution in [0, 0.1) is 0 Å². The highest BCUT2D eigenvalue weighted by Gasteiger charge is 2.37. The highest BCUT2D eigenvalue weighted by molar-refractivity contribution is 6.30. The maximum atomic E-state index is 12.2. The van der Waals surface area contributed by atoms with Gasteiger partial charge in [-0.2, -0.15) is 0 Å². The average Bonchev–Trinajstić information content (AvgIpc) is 3.08. The molecule has 8 heteroatoms. The number of nitrogens with zero attached hydrogens (tertiary/aromatic N) is 1. The molecule has 2 atom stereocenters. The number of carbonyl (C=O) groups excluding carboxylic acids is 2. The van der Waals surface area contributed by atoms with Gasteiger partial charge in [0.05, 0.1) is 6.04 Å². The summed E-state index contributed by atoms with van der Waals surface area (Å²) in [7, 11) is 0. The normalized spacial score (nSPS) is 18.0. The lowest BCUT2D eigenvalue weighted by Gasteiger charge is -2.26. The van der Waals surface area contributed by atoms with E-state index < -0.39 is 18.1 Å². The molecule has 0 radical (unpaired) electrons. The molecule has 0 spiro atoms. The Bertz CT molecular complexity index is 634. The molecule has 0 saturated carbocycles. The van der Waals surface area contributed by atoms with Crippen molar-refractivity contribution in [1.29, 1.82) is 0 Å². The summed E-state index contributed by atoms with van der Waals surface area (Å²) >= 11 is 5.79. The van der Waals surface area contributed by atoms with Crippen LogP contribution in [0.25, 0.3) is 0 Å². The number of amides is 2. The number of carboxylic acid groups (broad SMARTS) is 1. The molecule has 1 aliphatic heterocycles. The first-order valence-electron chi connectivity index (χ1n) is 8.10. The van der Waals surface area contributed by atoms with Crippen LogP contribution < -0.4 is 5.32 Å². The minimum atomic E-state index is -1.59. The van der Waals surface area contributed by atoms with Crippen LogP contribution in [-0.4, -0.2) is 51.6 Å². The van der Waals surface area contributed by atoms with Gasteiger partial charge in [0, 0.05) is 31.0 Å². The number of likely N-dealkylation sites (tertiary alicyclic amines) is 1. The molecule has 136 valence electrons. The van der Waals surface area contributed by atoms with Gasteiger partial charge in [-0.15, -0.1) is 0 Å². The molecule has 1 heterocycles. The van der Waals surface area contributed by atoms with Crippen molar-refractivity contribution in [1.82, 2.24) is 10.2 Å². The molecule has 2 rings (SSSR count). The molecule has 0 aromatic heterocycles. The standard InChI is InChI=1S/C17H21ClN2O5/c18-12-5-3-11(4-6-12)10-19-14(21)7-8-15(22)20-9-1-2-13(20)16(23)17(24)25/h3-6,13,16,23H,1-2,7-10H2,(H,19,21)(H,24,25)/t13-,16?/m0/s1. The van der Waals surface area contributed by atoms with Crippen LogP contribution >= 0.6 is 11.6 Å². The molecular weight excluding hydrogens is 348 g/mol. The fraction of sp³-hybridized carbons (Fsp3) is 0.471. The highest BCUT2D eigenvalue weighted by atomic mass is 35.5. The van der Waals surface area contributed by atoms with Gasteiger partial charge in [-0.3, -0.25) is 9.59 Å². The molecule has 1 fully saturated rings. The van der Waals surface area contributed by atoms with Crippen molar-refractivity contribution >= 4 is 29.4 Å². The first-order valence-corrected chi connectivity index (χ1v) is 8.47. The van der Waals surface area contributed by atoms with E-state index in [2.05, 4.69) is 5.32 Å². The number of halogens is 1. The van der Waals surface area contributed by atoms with Crippen molar-refractivity contribution in [2.75, 3.05) is 6.54 Å². The third kappa shape index (κ3) is 5.44. The van der Waals surface area contributed by atoms with Crippen molar-refractivity contribution in [2.45, 2.75) is 44.4 Å². The summed E-state index contributed by atoms with van der Waals surface area (Å²) < 4.78 is 0. The number of benzene rings is 1. The number of aliphatic carboxylic acids is 1. The van der Waals surface area contributed by atoms with Crippen LogP contribution in [0.1, 0.15) is 31.2 Å². The summed E-state index contributed by atoms with van der Waals surface area (Å²) in [5.41, 5.74) is 0.897. The lowest BCUT2D eigenvalue weighted by atomic mass is 10.1. The Labute approximate surface area is 150 Å². The van der Waals surface area contributed by atoms with Crippen LogP contribution in [0.15, 0.2) is 24.3 Å². The number of aliphatic hydroxyl groups is 1. The molecule has 25 heavy (non-hydrogen) atoms. The molecule has 2 amide bonds. The van der Waals surface area contributed by atoms with E-state index in [1.54, 1.807) is 24.3 Å². The minimum Gasteiger partial charge on any atom is -0.479 e. The second-order valence-corrected chi connectivity index (χ2v) is 6.42. The Morgan fingerprint density at radius 2 is 1.92 bits per heavy atom. The molecule has 7 nitrogen and oxygen atoms in total. The number of rotatable bonds is 7. The largest absolute Gasteiger partial charge is 0.479 e. The molecular formula is C17H21ClN2O5. The first-order chi connectivity index (χ1) is 11.9. The highest BCUT2D eigenvalue weighted by Crippen LogP contribution is 2.21. The van der Waals surface area contributed by atoms with Crippen LogP contribution in [0.3, 0.4) is 0 Å². The zero-order chi connectivity index (χ0) is 18.4. The van der Waals surface area contributed by atoms with Gasteiger partial charge in [-0.25, -0.2) is 4.79 Å². The van der Waals surface area contributed by atoms with E-state index in [4.69, 9.17) is 16.7 Å². The third-order valence-corrected chi connectivity index (χ3v) is 4.46. The Morgan fingerprint density at radius 3 is 2.56 bits per heavy atom. The van der Waals surface area contributed by atoms with Gasteiger partial charge in [0.15, 0.2) is 6.10 Å². The first kappa shape index (κ1) is 19.2. The van der Waals surface area contributed by atoms with E-state index in [1.807, 2.05) is 0 Å². The Hall–Kier alpha value is -2.12. The molecule has 1 aromatic carbocycles. The van der Waals surface area contributed by atoms with Crippen LogP contribution in [0.4, 0.5) is 0 Å². The summed E-state index contributed by atoms with van der Waals surface area (Å²) in [6.07, 6.45) is -0.510. The summed E-state index contributed by atoms with van der Waals surface area (Å²) in [5.74, 6) is -1.92. The number of hydrogen-bond donors (Lipinski definition) is 3. The summed E-state index contributed by atoms with van der Waals surface area (Å²) in [4.78, 5) is 36.4. The Balaban J connectivity index is 1.77. The van der Waals surface area contributed by atoms with Crippen LogP contribution in [-0.2, 0) is 20.9 Å². The van der Waals surface area contributed by atoms with Crippen LogP contribution in [0.2, 0.25) is 5.02 Å². The van der Waals surface area contributed by atoms with Crippen molar-refractivity contribution in [2.24, 2.45) is 0 Å². The van der Waals surface area contributed by atoms with Gasteiger partial charge in [0.2, 0.25) is 11.8 Å². The van der Waals surface area contributed by atoms with Gasteiger partial charge >= 0.3 is 5.97 Å². The predicted molar refractivity (Wildman–Crippen MR) is 90.9 cm³/mol. The SMILES string of the molecule is O=C(CCC(=O)N1CCC[C@H]1C(O)C(=O)O)NCc1ccc(Cl)cc1. The monoisotopic (exact) mass is 368 g/mol. The number of hydrogen-bond acceptors (Lipinski definition) is 4. The number of carboxylic acids is 1. The summed E-state index contributed by atoms with van der Waals surface area (Å²) in [5, 5.41) is 21.9. The molecule has 1 aromatic rings. The van der Waals surface area contributed by atoms with Gasteiger partial charge in [0.1, 0.15) is 0 Å². The molecule has 1 aliphatic rings. The van der Waals surface area contributed by atoms with Crippen molar-refractivity contribution in [3.05, 3.63) is 34.9 Å². The number of carbonyl (C=O) groups is 3. The zero-order valence-corrected chi connectivity index (χ0v) is 14.4.